The van der Waals surface area contributed by atoms with E-state index < -0.39 is 34.4 Å². The number of hydrogen-bond acceptors (Lipinski definition) is 6. The summed E-state index contributed by atoms with van der Waals surface area (Å²) in [6, 6.07) is 7.11. The first-order valence-electron chi connectivity index (χ1n) is 13.9. The molecular weight excluding hydrogens is 631 g/mol. The van der Waals surface area contributed by atoms with Crippen molar-refractivity contribution >= 4 is 57.7 Å². The van der Waals surface area contributed by atoms with Crippen molar-refractivity contribution in [2.75, 3.05) is 6.61 Å². The van der Waals surface area contributed by atoms with Crippen LogP contribution in [0.1, 0.15) is 83.0 Å². The fraction of sp³-hybridized carbons (Fsp3) is 0.613. The van der Waals surface area contributed by atoms with Crippen LogP contribution in [0.2, 0.25) is 0 Å². The fourth-order valence-electron chi connectivity index (χ4n) is 8.64. The van der Waals surface area contributed by atoms with Crippen molar-refractivity contribution in [2.45, 2.75) is 83.1 Å². The summed E-state index contributed by atoms with van der Waals surface area (Å²) in [5.74, 6) is -0.982. The first-order valence-corrected chi connectivity index (χ1v) is 15.3. The van der Waals surface area contributed by atoms with Crippen LogP contribution >= 0.6 is 34.2 Å². The zero-order chi connectivity index (χ0) is 28.4. The van der Waals surface area contributed by atoms with Crippen molar-refractivity contribution in [3.05, 3.63) is 45.0 Å². The molecule has 0 saturated heterocycles. The van der Waals surface area contributed by atoms with Crippen LogP contribution < -0.4 is 0 Å². The molecule has 6 nitrogen and oxygen atoms in total. The quantitative estimate of drug-likeness (QED) is 0.204. The normalized spacial score (nSPS) is 39.1. The zero-order valence-corrected chi connectivity index (χ0v) is 25.9. The third-order valence-electron chi connectivity index (χ3n) is 10.7. The first kappa shape index (κ1) is 28.8. The van der Waals surface area contributed by atoms with Gasteiger partial charge in [0.05, 0.1) is 10.4 Å². The van der Waals surface area contributed by atoms with E-state index in [2.05, 4.69) is 43.4 Å². The summed E-state index contributed by atoms with van der Waals surface area (Å²) < 4.78 is 12.4. The number of hydrogen-bond donors (Lipinski definition) is 0. The van der Waals surface area contributed by atoms with E-state index in [-0.39, 0.29) is 34.7 Å². The van der Waals surface area contributed by atoms with E-state index >= 15 is 0 Å². The Hall–Kier alpha value is -1.74. The summed E-state index contributed by atoms with van der Waals surface area (Å²) in [5.41, 5.74) is -0.860. The van der Waals surface area contributed by atoms with Gasteiger partial charge in [-0.1, -0.05) is 32.4 Å². The Morgan fingerprint density at radius 1 is 1.10 bits per heavy atom. The van der Waals surface area contributed by atoms with Gasteiger partial charge in [-0.05, 0) is 103 Å². The summed E-state index contributed by atoms with van der Waals surface area (Å²) in [6.07, 6.45) is 6.16. The molecule has 7 atom stereocenters. The molecule has 1 aromatic rings. The Labute approximate surface area is 248 Å². The number of carbonyl (C=O) groups is 4. The molecule has 39 heavy (non-hydrogen) atoms. The Kier molecular flexibility index (Phi) is 7.35. The number of benzene rings is 1. The number of ether oxygens (including phenoxy) is 2. The number of Topliss-reactive ketones (excluding diaryl/α,β-unsaturated/α-hetero) is 1. The van der Waals surface area contributed by atoms with Gasteiger partial charge in [-0.15, -0.1) is 11.6 Å². The predicted octanol–water partition coefficient (Wildman–Crippen LogP) is 6.46. The first-order chi connectivity index (χ1) is 18.3. The van der Waals surface area contributed by atoms with Gasteiger partial charge < -0.3 is 9.47 Å². The third kappa shape index (κ3) is 4.32. The lowest BCUT2D eigenvalue weighted by Crippen LogP contribution is -2.65. The molecule has 1 unspecified atom stereocenters. The standard InChI is InChI=1S/C31H36ClIO6/c1-18-14-25-23-9-11-31(26(36)17-38-19(2)34,39-27(37)20-6-5-7-21(33)15-20)29(23,4)12-13-30(25,32)28(3)10-8-22(35)16-24(18)28/h5-7,15-16,18,23,25H,8-14,17H2,1-4H3/t18?,23-,25-,28-,29-,30+,31-/m0/s1. The van der Waals surface area contributed by atoms with E-state index in [0.29, 0.717) is 37.7 Å². The van der Waals surface area contributed by atoms with Gasteiger partial charge in [-0.2, -0.15) is 0 Å². The Balaban J connectivity index is 1.55. The van der Waals surface area contributed by atoms with E-state index in [1.807, 2.05) is 12.1 Å². The largest absolute Gasteiger partial charge is 0.458 e. The highest BCUT2D eigenvalue weighted by Gasteiger charge is 2.72. The number of allylic oxidation sites excluding steroid dienone is 1. The van der Waals surface area contributed by atoms with Gasteiger partial charge in [0, 0.05) is 27.7 Å². The predicted molar refractivity (Wildman–Crippen MR) is 155 cm³/mol. The van der Waals surface area contributed by atoms with Crippen LogP contribution in [-0.2, 0) is 23.9 Å². The second-order valence-corrected chi connectivity index (χ2v) is 14.4. The molecule has 0 bridgehead atoms. The molecule has 0 radical (unpaired) electrons. The maximum absolute atomic E-state index is 14.0. The van der Waals surface area contributed by atoms with Gasteiger partial charge in [-0.3, -0.25) is 14.4 Å². The second kappa shape index (κ2) is 9.97. The van der Waals surface area contributed by atoms with Crippen molar-refractivity contribution in [3.8, 4) is 0 Å². The summed E-state index contributed by atoms with van der Waals surface area (Å²) in [4.78, 5) is 51.0. The Morgan fingerprint density at radius 2 is 1.85 bits per heavy atom. The van der Waals surface area contributed by atoms with Crippen LogP contribution in [-0.4, -0.2) is 40.6 Å². The maximum atomic E-state index is 14.0. The molecule has 0 amide bonds. The molecule has 4 aliphatic carbocycles. The number of rotatable bonds is 5. The van der Waals surface area contributed by atoms with Crippen LogP contribution in [0, 0.1) is 32.2 Å². The van der Waals surface area contributed by atoms with Crippen LogP contribution in [0.5, 0.6) is 0 Å². The number of halogens is 2. The van der Waals surface area contributed by atoms with E-state index in [0.717, 1.165) is 22.0 Å². The molecule has 210 valence electrons. The Bertz CT molecular complexity index is 1280. The third-order valence-corrected chi connectivity index (χ3v) is 12.3. The van der Waals surface area contributed by atoms with Gasteiger partial charge in [0.15, 0.2) is 18.0 Å². The second-order valence-electron chi connectivity index (χ2n) is 12.5. The SMILES string of the molecule is CC(=O)OCC(=O)[C@@]1(OC(=O)c2cccc(I)c2)CC[C@H]2[C@@H]3CC(C)C4=CC(=O)CC[C@]4(C)[C@@]3(Cl)CC[C@@]21C. The monoisotopic (exact) mass is 666 g/mol. The maximum Gasteiger partial charge on any atom is 0.339 e. The van der Waals surface area contributed by atoms with E-state index in [1.165, 1.54) is 6.92 Å². The molecule has 0 aliphatic heterocycles. The molecule has 0 heterocycles. The lowest BCUT2D eigenvalue weighted by Gasteiger charge is -2.64. The van der Waals surface area contributed by atoms with Gasteiger partial charge in [0.2, 0.25) is 5.78 Å². The average Bonchev–Trinajstić information content (AvgIpc) is 3.18. The van der Waals surface area contributed by atoms with Gasteiger partial charge in [0.1, 0.15) is 0 Å². The highest BCUT2D eigenvalue weighted by molar-refractivity contribution is 14.1. The summed E-state index contributed by atoms with van der Waals surface area (Å²) in [6.45, 7) is 7.29. The molecule has 5 rings (SSSR count). The Morgan fingerprint density at radius 3 is 2.54 bits per heavy atom. The zero-order valence-electron chi connectivity index (χ0n) is 23.0. The number of esters is 2. The van der Waals surface area contributed by atoms with Crippen molar-refractivity contribution < 1.29 is 28.7 Å². The number of alkyl halides is 1. The summed E-state index contributed by atoms with van der Waals surface area (Å²) in [7, 11) is 0. The van der Waals surface area contributed by atoms with Gasteiger partial charge in [0.25, 0.3) is 0 Å². The molecule has 3 fully saturated rings. The minimum atomic E-state index is -1.42. The van der Waals surface area contributed by atoms with E-state index in [9.17, 15) is 19.2 Å². The minimum absolute atomic E-state index is 0.0344. The minimum Gasteiger partial charge on any atom is -0.458 e. The van der Waals surface area contributed by atoms with Gasteiger partial charge in [-0.25, -0.2) is 4.79 Å². The molecule has 8 heteroatoms. The molecule has 3 saturated carbocycles. The van der Waals surface area contributed by atoms with E-state index in [1.54, 1.807) is 18.2 Å². The lowest BCUT2D eigenvalue weighted by atomic mass is 9.44. The summed E-state index contributed by atoms with van der Waals surface area (Å²) >= 11 is 9.86. The highest BCUT2D eigenvalue weighted by Crippen LogP contribution is 2.72. The van der Waals surface area contributed by atoms with Crippen molar-refractivity contribution in [1.82, 2.24) is 0 Å². The molecule has 1 aromatic carbocycles. The highest BCUT2D eigenvalue weighted by atomic mass is 127. The lowest BCUT2D eigenvalue weighted by molar-refractivity contribution is -0.169. The van der Waals surface area contributed by atoms with Crippen LogP contribution in [0.3, 0.4) is 0 Å². The van der Waals surface area contributed by atoms with Crippen molar-refractivity contribution in [2.24, 2.45) is 28.6 Å². The van der Waals surface area contributed by atoms with Crippen LogP contribution in [0.4, 0.5) is 0 Å². The molecule has 0 N–H and O–H groups in total. The van der Waals surface area contributed by atoms with E-state index in [4.69, 9.17) is 21.1 Å². The average molecular weight is 667 g/mol. The van der Waals surface area contributed by atoms with Crippen LogP contribution in [0.25, 0.3) is 0 Å². The topological polar surface area (TPSA) is 86.7 Å². The van der Waals surface area contributed by atoms with Crippen molar-refractivity contribution in [1.29, 1.82) is 0 Å². The number of carbonyl (C=O) groups excluding carboxylic acids is 4. The summed E-state index contributed by atoms with van der Waals surface area (Å²) in [5, 5.41) is 0. The molecule has 0 aromatic heterocycles. The number of ketones is 2. The van der Waals surface area contributed by atoms with Gasteiger partial charge >= 0.3 is 11.9 Å². The number of fused-ring (bicyclic) bond motifs is 5. The fourth-order valence-corrected chi connectivity index (χ4v) is 9.72. The molecular formula is C31H36ClIO6. The van der Waals surface area contributed by atoms with Crippen LogP contribution in [0.15, 0.2) is 35.9 Å². The molecule has 4 aliphatic rings. The van der Waals surface area contributed by atoms with Crippen molar-refractivity contribution in [3.63, 3.8) is 0 Å². The molecule has 0 spiro atoms. The smallest absolute Gasteiger partial charge is 0.339 e.